The van der Waals surface area contributed by atoms with Gasteiger partial charge in [-0.1, -0.05) is 11.6 Å². The molecule has 0 spiro atoms. The third-order valence-corrected chi connectivity index (χ3v) is 5.45. The lowest BCUT2D eigenvalue weighted by molar-refractivity contribution is -0.136. The highest BCUT2D eigenvalue weighted by molar-refractivity contribution is 7.07. The molecule has 1 heterocycles. The van der Waals surface area contributed by atoms with Gasteiger partial charge in [0.1, 0.15) is 15.3 Å². The molecule has 0 aliphatic heterocycles. The van der Waals surface area contributed by atoms with Crippen LogP contribution in [0.1, 0.15) is 29.8 Å². The summed E-state index contributed by atoms with van der Waals surface area (Å²) in [4.78, 5) is 36.2. The number of hydrogen-bond acceptors (Lipinski definition) is 7. The minimum atomic E-state index is -1.15. The van der Waals surface area contributed by atoms with E-state index in [2.05, 4.69) is 5.32 Å². The summed E-state index contributed by atoms with van der Waals surface area (Å²) in [6.45, 7) is 5.34. The standard InChI is InChI=1S/C19H18ClN3O5S/c1-4-23-16(24)15(29-17(23)12(8-21)19(27)28-5-2)9-22-14-7-13(20)10(3)6-11(14)18(25)26/h6-7,9,22H,4-5H2,1-3H3,(H,25,26)/b15-9+,17-12-. The zero-order valence-corrected chi connectivity index (χ0v) is 17.5. The zero-order chi connectivity index (χ0) is 21.7. The summed E-state index contributed by atoms with van der Waals surface area (Å²) < 4.78 is 6.53. The van der Waals surface area contributed by atoms with E-state index in [0.29, 0.717) is 10.6 Å². The molecule has 29 heavy (non-hydrogen) atoms. The Kier molecular flexibility index (Phi) is 7.20. The topological polar surface area (TPSA) is 121 Å². The fourth-order valence-corrected chi connectivity index (χ4v) is 3.74. The van der Waals surface area contributed by atoms with Gasteiger partial charge < -0.3 is 15.2 Å². The van der Waals surface area contributed by atoms with Crippen LogP contribution >= 0.6 is 22.9 Å². The first-order chi connectivity index (χ1) is 13.7. The molecular weight excluding hydrogens is 418 g/mol. The van der Waals surface area contributed by atoms with Crippen LogP contribution < -0.4 is 20.1 Å². The average molecular weight is 436 g/mol. The Hall–Kier alpha value is -3.09. The number of hydrogen-bond donors (Lipinski definition) is 2. The monoisotopic (exact) mass is 435 g/mol. The molecule has 2 N–H and O–H groups in total. The van der Waals surface area contributed by atoms with E-state index in [4.69, 9.17) is 16.3 Å². The fraction of sp³-hybridized carbons (Fsp3) is 0.263. The van der Waals surface area contributed by atoms with Crippen molar-refractivity contribution in [1.82, 2.24) is 4.57 Å². The summed E-state index contributed by atoms with van der Waals surface area (Å²) in [7, 11) is 0. The molecule has 0 atom stereocenters. The number of carboxylic acids is 1. The Balaban J connectivity index is 2.66. The summed E-state index contributed by atoms with van der Waals surface area (Å²) >= 11 is 7.01. The number of halogens is 1. The normalized spacial score (nSPS) is 12.3. The van der Waals surface area contributed by atoms with Gasteiger partial charge in [-0.25, -0.2) is 9.59 Å². The largest absolute Gasteiger partial charge is 0.478 e. The van der Waals surface area contributed by atoms with Gasteiger partial charge in [0, 0.05) is 17.8 Å². The summed E-state index contributed by atoms with van der Waals surface area (Å²) in [6.07, 6.45) is 1.33. The molecule has 2 aromatic rings. The van der Waals surface area contributed by atoms with Gasteiger partial charge in [0.2, 0.25) is 0 Å². The molecule has 0 unspecified atom stereocenters. The van der Waals surface area contributed by atoms with E-state index in [1.807, 2.05) is 0 Å². The number of carbonyl (C=O) groups excluding carboxylic acids is 1. The maximum absolute atomic E-state index is 12.7. The molecule has 0 bridgehead atoms. The summed E-state index contributed by atoms with van der Waals surface area (Å²) in [5, 5.41) is 21.9. The number of nitrogens with one attached hydrogen (secondary N) is 1. The number of aromatic nitrogens is 1. The van der Waals surface area contributed by atoms with E-state index < -0.39 is 17.5 Å². The first kappa shape index (κ1) is 22.2. The molecule has 2 rings (SSSR count). The van der Waals surface area contributed by atoms with E-state index in [-0.39, 0.29) is 39.2 Å². The number of carboxylic acid groups (broad SMARTS) is 1. The lowest BCUT2D eigenvalue weighted by Crippen LogP contribution is -2.32. The Morgan fingerprint density at radius 1 is 1.41 bits per heavy atom. The highest BCUT2D eigenvalue weighted by atomic mass is 35.5. The summed E-state index contributed by atoms with van der Waals surface area (Å²) in [5.74, 6) is -1.96. The number of nitrogens with zero attached hydrogens (tertiary/aromatic N) is 2. The van der Waals surface area contributed by atoms with Crippen molar-refractivity contribution < 1.29 is 19.4 Å². The van der Waals surface area contributed by atoms with Gasteiger partial charge in [0.05, 0.1) is 17.9 Å². The van der Waals surface area contributed by atoms with Crippen LogP contribution in [0.15, 0.2) is 16.9 Å². The van der Waals surface area contributed by atoms with E-state index in [0.717, 1.165) is 11.3 Å². The number of rotatable bonds is 6. The lowest BCUT2D eigenvalue weighted by atomic mass is 10.1. The first-order valence-electron chi connectivity index (χ1n) is 8.56. The van der Waals surface area contributed by atoms with Crippen molar-refractivity contribution in [3.8, 4) is 6.07 Å². The van der Waals surface area contributed by atoms with Gasteiger partial charge in [-0.3, -0.25) is 9.36 Å². The number of nitriles is 1. The van der Waals surface area contributed by atoms with Crippen molar-refractivity contribution in [2.45, 2.75) is 27.3 Å². The molecule has 0 saturated heterocycles. The molecule has 0 amide bonds. The number of thiazole rings is 1. The second-order valence-electron chi connectivity index (χ2n) is 5.77. The van der Waals surface area contributed by atoms with Crippen molar-refractivity contribution in [1.29, 1.82) is 5.26 Å². The molecular formula is C19H18ClN3O5S. The molecule has 1 aromatic carbocycles. The fourth-order valence-electron chi connectivity index (χ4n) is 2.50. The number of carbonyl (C=O) groups is 2. The minimum absolute atomic E-state index is 0.00783. The number of anilines is 1. The number of benzene rings is 1. The van der Waals surface area contributed by atoms with Gasteiger partial charge in [-0.15, -0.1) is 11.3 Å². The second-order valence-corrected chi connectivity index (χ2v) is 7.21. The van der Waals surface area contributed by atoms with Crippen molar-refractivity contribution >= 4 is 52.3 Å². The van der Waals surface area contributed by atoms with Crippen LogP contribution in [0.3, 0.4) is 0 Å². The van der Waals surface area contributed by atoms with Crippen molar-refractivity contribution in [3.63, 3.8) is 0 Å². The van der Waals surface area contributed by atoms with Crippen LogP contribution in [-0.4, -0.2) is 28.2 Å². The maximum atomic E-state index is 12.7. The van der Waals surface area contributed by atoms with Crippen LogP contribution in [-0.2, 0) is 16.1 Å². The van der Waals surface area contributed by atoms with E-state index in [1.54, 1.807) is 26.8 Å². The Bertz CT molecular complexity index is 1190. The van der Waals surface area contributed by atoms with Crippen molar-refractivity contribution in [2.24, 2.45) is 0 Å². The molecule has 0 radical (unpaired) electrons. The van der Waals surface area contributed by atoms with Crippen molar-refractivity contribution in [3.05, 3.63) is 47.8 Å². The quantitative estimate of drug-likeness (QED) is 0.662. The SMILES string of the molecule is CCOC(=O)/C(C#N)=c1\s/c(=C/Nc2cc(Cl)c(C)cc2C(=O)O)c(=O)n1CC. The second kappa shape index (κ2) is 9.41. The highest BCUT2D eigenvalue weighted by Gasteiger charge is 2.16. The Morgan fingerprint density at radius 2 is 2.10 bits per heavy atom. The Labute approximate surface area is 174 Å². The summed E-state index contributed by atoms with van der Waals surface area (Å²) in [6, 6.07) is 4.67. The van der Waals surface area contributed by atoms with Gasteiger partial charge in [-0.05, 0) is 38.5 Å². The molecule has 10 heteroatoms. The van der Waals surface area contributed by atoms with Crippen LogP contribution in [0.4, 0.5) is 5.69 Å². The molecule has 0 aliphatic carbocycles. The molecule has 0 aliphatic rings. The lowest BCUT2D eigenvalue weighted by Gasteiger charge is -2.08. The number of ether oxygens (including phenoxy) is 1. The smallest absolute Gasteiger partial charge is 0.351 e. The molecule has 0 saturated carbocycles. The van der Waals surface area contributed by atoms with E-state index in [9.17, 15) is 24.8 Å². The first-order valence-corrected chi connectivity index (χ1v) is 9.75. The zero-order valence-electron chi connectivity index (χ0n) is 15.9. The van der Waals surface area contributed by atoms with E-state index in [1.165, 1.54) is 22.9 Å². The Morgan fingerprint density at radius 3 is 2.66 bits per heavy atom. The van der Waals surface area contributed by atoms with Crippen LogP contribution in [0.2, 0.25) is 5.02 Å². The number of aromatic carboxylic acids is 1. The average Bonchev–Trinajstić information content (AvgIpc) is 2.98. The summed E-state index contributed by atoms with van der Waals surface area (Å²) in [5.41, 5.74) is 0.114. The van der Waals surface area contributed by atoms with Gasteiger partial charge >= 0.3 is 11.9 Å². The third kappa shape index (κ3) is 4.67. The maximum Gasteiger partial charge on any atom is 0.351 e. The number of aryl methyl sites for hydroxylation is 1. The van der Waals surface area contributed by atoms with Gasteiger partial charge in [0.15, 0.2) is 5.57 Å². The number of esters is 1. The van der Waals surface area contributed by atoms with Crippen molar-refractivity contribution in [2.75, 3.05) is 11.9 Å². The minimum Gasteiger partial charge on any atom is -0.478 e. The molecule has 8 nitrogen and oxygen atoms in total. The third-order valence-electron chi connectivity index (χ3n) is 3.92. The van der Waals surface area contributed by atoms with Gasteiger partial charge in [0.25, 0.3) is 5.56 Å². The molecule has 152 valence electrons. The predicted octanol–water partition coefficient (Wildman–Crippen LogP) is 1.68. The van der Waals surface area contributed by atoms with E-state index >= 15 is 0 Å². The van der Waals surface area contributed by atoms with Gasteiger partial charge in [-0.2, -0.15) is 5.26 Å². The van der Waals surface area contributed by atoms with Crippen LogP contribution in [0.5, 0.6) is 0 Å². The highest BCUT2D eigenvalue weighted by Crippen LogP contribution is 2.25. The molecule has 1 aromatic heterocycles. The predicted molar refractivity (Wildman–Crippen MR) is 110 cm³/mol. The van der Waals surface area contributed by atoms with Crippen LogP contribution in [0, 0.1) is 18.3 Å². The van der Waals surface area contributed by atoms with Crippen LogP contribution in [0.25, 0.3) is 11.8 Å². The molecule has 0 fully saturated rings.